The molecule has 8 nitrogen and oxygen atoms in total. The van der Waals surface area contributed by atoms with Crippen LogP contribution in [0.3, 0.4) is 0 Å². The quantitative estimate of drug-likeness (QED) is 0.588. The molecule has 172 valence electrons. The number of carbonyl (C=O) groups excluding carboxylic acids is 2. The monoisotopic (exact) mass is 447 g/mol. The van der Waals surface area contributed by atoms with E-state index in [9.17, 15) is 9.59 Å². The number of rotatable bonds is 6. The summed E-state index contributed by atoms with van der Waals surface area (Å²) in [6.45, 7) is 9.17. The molecule has 0 bridgehead atoms. The van der Waals surface area contributed by atoms with Crippen molar-refractivity contribution in [3.63, 3.8) is 0 Å². The van der Waals surface area contributed by atoms with Crippen LogP contribution in [0, 0.1) is 0 Å². The summed E-state index contributed by atoms with van der Waals surface area (Å²) >= 11 is 0. The van der Waals surface area contributed by atoms with Gasteiger partial charge in [-0.1, -0.05) is 25.6 Å². The SMILES string of the molecule is C=C1C=NNC(=O)c2cc(NC(=O)CC(CC)c3cccc(N4CCOCC4)c3)cc(N)c21. The van der Waals surface area contributed by atoms with Gasteiger partial charge in [-0.15, -0.1) is 0 Å². The molecule has 1 saturated heterocycles. The first-order valence-electron chi connectivity index (χ1n) is 11.1. The molecule has 4 N–H and O–H groups in total. The molecule has 1 unspecified atom stereocenters. The van der Waals surface area contributed by atoms with Crippen LogP contribution < -0.4 is 21.4 Å². The van der Waals surface area contributed by atoms with E-state index in [2.05, 4.69) is 52.4 Å². The van der Waals surface area contributed by atoms with E-state index >= 15 is 0 Å². The Morgan fingerprint density at radius 2 is 2.09 bits per heavy atom. The van der Waals surface area contributed by atoms with E-state index in [1.165, 1.54) is 6.21 Å². The first kappa shape index (κ1) is 22.5. The van der Waals surface area contributed by atoms with Gasteiger partial charge in [0.25, 0.3) is 5.91 Å². The summed E-state index contributed by atoms with van der Waals surface area (Å²) in [6, 6.07) is 11.6. The van der Waals surface area contributed by atoms with Crippen LogP contribution in [0.4, 0.5) is 17.1 Å². The van der Waals surface area contributed by atoms with Crippen molar-refractivity contribution < 1.29 is 14.3 Å². The van der Waals surface area contributed by atoms with E-state index in [1.54, 1.807) is 12.1 Å². The number of hydrogen-bond acceptors (Lipinski definition) is 6. The maximum absolute atomic E-state index is 12.9. The number of carbonyl (C=O) groups is 2. The number of morpholine rings is 1. The van der Waals surface area contributed by atoms with Crippen LogP contribution in [0.1, 0.15) is 47.2 Å². The van der Waals surface area contributed by atoms with Crippen LogP contribution in [0.25, 0.3) is 5.57 Å². The van der Waals surface area contributed by atoms with Crippen molar-refractivity contribution in [2.24, 2.45) is 5.10 Å². The maximum atomic E-state index is 12.9. The van der Waals surface area contributed by atoms with Crippen molar-refractivity contribution in [3.8, 4) is 0 Å². The lowest BCUT2D eigenvalue weighted by Crippen LogP contribution is -2.36. The fourth-order valence-corrected chi connectivity index (χ4v) is 4.30. The first-order valence-corrected chi connectivity index (χ1v) is 11.1. The molecular weight excluding hydrogens is 418 g/mol. The van der Waals surface area contributed by atoms with Gasteiger partial charge < -0.3 is 20.7 Å². The van der Waals surface area contributed by atoms with E-state index in [0.717, 1.165) is 44.0 Å². The smallest absolute Gasteiger partial charge is 0.272 e. The standard InChI is InChI=1S/C25H29N5O3/c1-3-17(18-5-4-6-20(11-18)30-7-9-33-10-8-30)12-23(31)28-19-13-21-24(22(26)14-19)16(2)15-27-29-25(21)32/h4-6,11,13-15,17H,2-3,7-10,12,26H2,1H3,(H,28,31)(H,29,32). The lowest BCUT2D eigenvalue weighted by Gasteiger charge is -2.29. The van der Waals surface area contributed by atoms with Crippen molar-refractivity contribution in [2.45, 2.75) is 25.7 Å². The summed E-state index contributed by atoms with van der Waals surface area (Å²) in [7, 11) is 0. The van der Waals surface area contributed by atoms with Crippen LogP contribution in [-0.4, -0.2) is 44.3 Å². The molecule has 2 aromatic rings. The summed E-state index contributed by atoms with van der Waals surface area (Å²) < 4.78 is 5.45. The fourth-order valence-electron chi connectivity index (χ4n) is 4.30. The molecule has 0 spiro atoms. The molecule has 1 atom stereocenters. The molecule has 1 fully saturated rings. The summed E-state index contributed by atoms with van der Waals surface area (Å²) in [5.41, 5.74) is 13.1. The van der Waals surface area contributed by atoms with Gasteiger partial charge in [-0.05, 0) is 47.7 Å². The Hall–Kier alpha value is -3.65. The molecule has 2 aromatic carbocycles. The van der Waals surface area contributed by atoms with Crippen molar-refractivity contribution in [1.82, 2.24) is 5.43 Å². The van der Waals surface area contributed by atoms with Crippen molar-refractivity contribution >= 4 is 40.7 Å². The third kappa shape index (κ3) is 5.06. The zero-order chi connectivity index (χ0) is 23.4. The third-order valence-corrected chi connectivity index (χ3v) is 6.05. The second-order valence-corrected chi connectivity index (χ2v) is 8.26. The zero-order valence-corrected chi connectivity index (χ0v) is 18.8. The van der Waals surface area contributed by atoms with Gasteiger partial charge in [0.1, 0.15) is 0 Å². The Morgan fingerprint density at radius 3 is 2.85 bits per heavy atom. The van der Waals surface area contributed by atoms with E-state index in [1.807, 2.05) is 6.07 Å². The van der Waals surface area contributed by atoms with Gasteiger partial charge in [0, 0.05) is 42.1 Å². The molecular formula is C25H29N5O3. The number of nitrogens with zero attached hydrogens (tertiary/aromatic N) is 2. The predicted molar refractivity (Wildman–Crippen MR) is 132 cm³/mol. The number of hydrazone groups is 1. The molecule has 2 amide bonds. The number of nitrogens with two attached hydrogens (primary N) is 1. The van der Waals surface area contributed by atoms with Gasteiger partial charge in [0.05, 0.1) is 25.0 Å². The minimum absolute atomic E-state index is 0.0700. The number of fused-ring (bicyclic) bond motifs is 1. The molecule has 2 aliphatic heterocycles. The van der Waals surface area contributed by atoms with Gasteiger partial charge in [0.2, 0.25) is 5.91 Å². The van der Waals surface area contributed by atoms with Crippen molar-refractivity contribution in [3.05, 3.63) is 59.7 Å². The lowest BCUT2D eigenvalue weighted by molar-refractivity contribution is -0.116. The average molecular weight is 448 g/mol. The Kier molecular flexibility index (Phi) is 6.74. The Balaban J connectivity index is 1.49. The predicted octanol–water partition coefficient (Wildman–Crippen LogP) is 3.37. The lowest BCUT2D eigenvalue weighted by atomic mass is 9.92. The molecule has 0 radical (unpaired) electrons. The molecule has 2 aliphatic rings. The van der Waals surface area contributed by atoms with E-state index in [0.29, 0.717) is 34.5 Å². The van der Waals surface area contributed by atoms with Gasteiger partial charge in [0.15, 0.2) is 0 Å². The highest BCUT2D eigenvalue weighted by Gasteiger charge is 2.21. The topological polar surface area (TPSA) is 109 Å². The van der Waals surface area contributed by atoms with E-state index in [4.69, 9.17) is 10.5 Å². The highest BCUT2D eigenvalue weighted by molar-refractivity contribution is 6.18. The van der Waals surface area contributed by atoms with Gasteiger partial charge >= 0.3 is 0 Å². The minimum Gasteiger partial charge on any atom is -0.398 e. The fraction of sp³-hybridized carbons (Fsp3) is 0.320. The first-order chi connectivity index (χ1) is 16.0. The highest BCUT2D eigenvalue weighted by atomic mass is 16.5. The van der Waals surface area contributed by atoms with Gasteiger partial charge in [-0.2, -0.15) is 5.10 Å². The Labute approximate surface area is 193 Å². The number of allylic oxidation sites excluding steroid dienone is 1. The van der Waals surface area contributed by atoms with Crippen LogP contribution in [-0.2, 0) is 9.53 Å². The summed E-state index contributed by atoms with van der Waals surface area (Å²) in [6.07, 6.45) is 2.60. The van der Waals surface area contributed by atoms with Crippen LogP contribution >= 0.6 is 0 Å². The summed E-state index contributed by atoms with van der Waals surface area (Å²) in [4.78, 5) is 27.6. The molecule has 33 heavy (non-hydrogen) atoms. The Morgan fingerprint density at radius 1 is 1.30 bits per heavy atom. The van der Waals surface area contributed by atoms with E-state index < -0.39 is 5.91 Å². The number of benzene rings is 2. The average Bonchev–Trinajstić information content (AvgIpc) is 2.96. The van der Waals surface area contributed by atoms with E-state index in [-0.39, 0.29) is 11.8 Å². The second-order valence-electron chi connectivity index (χ2n) is 8.26. The molecule has 0 aliphatic carbocycles. The van der Waals surface area contributed by atoms with Gasteiger partial charge in [-0.25, -0.2) is 5.43 Å². The molecule has 2 heterocycles. The molecule has 0 saturated carbocycles. The highest BCUT2D eigenvalue weighted by Crippen LogP contribution is 2.31. The second kappa shape index (κ2) is 9.87. The Bertz CT molecular complexity index is 1110. The number of nitrogens with one attached hydrogen (secondary N) is 2. The summed E-state index contributed by atoms with van der Waals surface area (Å²) in [5.74, 6) is -0.461. The number of amides is 2. The molecule has 8 heteroatoms. The van der Waals surface area contributed by atoms with Crippen LogP contribution in [0.5, 0.6) is 0 Å². The minimum atomic E-state index is -0.394. The van der Waals surface area contributed by atoms with Gasteiger partial charge in [-0.3, -0.25) is 9.59 Å². The van der Waals surface area contributed by atoms with Crippen molar-refractivity contribution in [2.75, 3.05) is 42.3 Å². The normalized spacial score (nSPS) is 16.6. The number of ether oxygens (including phenoxy) is 1. The maximum Gasteiger partial charge on any atom is 0.272 e. The number of hydrogen-bond donors (Lipinski definition) is 3. The molecule has 0 aromatic heterocycles. The largest absolute Gasteiger partial charge is 0.398 e. The number of anilines is 3. The van der Waals surface area contributed by atoms with Crippen molar-refractivity contribution in [1.29, 1.82) is 0 Å². The number of nitrogen functional groups attached to an aromatic ring is 1. The zero-order valence-electron chi connectivity index (χ0n) is 18.8. The van der Waals surface area contributed by atoms with Crippen LogP contribution in [0.15, 0.2) is 48.1 Å². The van der Waals surface area contributed by atoms with Crippen LogP contribution in [0.2, 0.25) is 0 Å². The third-order valence-electron chi connectivity index (χ3n) is 6.05. The molecule has 4 rings (SSSR count). The summed E-state index contributed by atoms with van der Waals surface area (Å²) in [5, 5.41) is 6.73.